The summed E-state index contributed by atoms with van der Waals surface area (Å²) in [7, 11) is 0. The van der Waals surface area contributed by atoms with Crippen LogP contribution in [0.25, 0.3) is 0 Å². The second-order valence-electron chi connectivity index (χ2n) is 3.54. The maximum Gasteiger partial charge on any atom is 0.341 e. The number of carbonyl (C=O) groups is 1. The van der Waals surface area contributed by atoms with Gasteiger partial charge in [0.15, 0.2) is 0 Å². The third kappa shape index (κ3) is 3.42. The molecule has 2 aromatic rings. The molecule has 0 aromatic carbocycles. The summed E-state index contributed by atoms with van der Waals surface area (Å²) in [5.74, 6) is 0. The van der Waals surface area contributed by atoms with Crippen LogP contribution in [0.2, 0.25) is 5.15 Å². The van der Waals surface area contributed by atoms with Crippen LogP contribution in [0.1, 0.15) is 5.56 Å². The number of halogens is 2. The van der Waals surface area contributed by atoms with Crippen LogP contribution in [0, 0.1) is 0 Å². The molecule has 18 heavy (non-hydrogen) atoms. The molecule has 0 unspecified atom stereocenters. The van der Waals surface area contributed by atoms with Crippen LogP contribution in [0.15, 0.2) is 47.7 Å². The molecule has 6 heteroatoms. The summed E-state index contributed by atoms with van der Waals surface area (Å²) < 4.78 is 1.80. The fraction of sp³-hybridized carbons (Fsp3) is 0.0833. The van der Waals surface area contributed by atoms with Crippen LogP contribution in [0.3, 0.4) is 0 Å². The molecule has 0 bridgehead atoms. The normalized spacial score (nSPS) is 11.6. The summed E-state index contributed by atoms with van der Waals surface area (Å²) >= 11 is 11.0. The molecule has 0 radical (unpaired) electrons. The van der Waals surface area contributed by atoms with Gasteiger partial charge in [0.05, 0.1) is 6.54 Å². The van der Waals surface area contributed by atoms with Crippen LogP contribution in [0.5, 0.6) is 0 Å². The lowest BCUT2D eigenvalue weighted by atomic mass is 10.3. The van der Waals surface area contributed by atoms with Crippen LogP contribution in [0.4, 0.5) is 4.79 Å². The van der Waals surface area contributed by atoms with E-state index >= 15 is 0 Å². The molecular weight excluding hydrogens is 273 g/mol. The number of pyridine rings is 2. The molecule has 0 spiro atoms. The highest BCUT2D eigenvalue weighted by atomic mass is 35.5. The molecule has 0 N–H and O–H groups in total. The predicted octanol–water partition coefficient (Wildman–Crippen LogP) is 2.84. The van der Waals surface area contributed by atoms with E-state index < -0.39 is 5.37 Å². The van der Waals surface area contributed by atoms with Crippen LogP contribution in [-0.4, -0.2) is 14.9 Å². The standard InChI is InChI=1S/C12H9Cl2N3O/c13-10-5-4-9(7-15-10)8-17-6-2-1-3-11(17)16-12(14)18/h1-7H,8H2/b16-11+. The average Bonchev–Trinajstić information content (AvgIpc) is 2.34. The number of nitrogens with zero attached hydrogens (tertiary/aromatic N) is 3. The fourth-order valence-corrected chi connectivity index (χ4v) is 1.69. The first kappa shape index (κ1) is 12.8. The topological polar surface area (TPSA) is 47.2 Å². The third-order valence-corrected chi connectivity index (χ3v) is 2.57. The van der Waals surface area contributed by atoms with Gasteiger partial charge in [-0.2, -0.15) is 4.99 Å². The van der Waals surface area contributed by atoms with Crippen molar-refractivity contribution in [3.8, 4) is 0 Å². The Bertz CT molecular complexity index is 620. The third-order valence-electron chi connectivity index (χ3n) is 2.26. The Balaban J connectivity index is 2.35. The molecule has 2 rings (SSSR count). The van der Waals surface area contributed by atoms with Gasteiger partial charge in [0.1, 0.15) is 10.6 Å². The van der Waals surface area contributed by atoms with Crippen molar-refractivity contribution in [2.24, 2.45) is 4.99 Å². The highest BCUT2D eigenvalue weighted by Gasteiger charge is 1.98. The van der Waals surface area contributed by atoms with Gasteiger partial charge in [0, 0.05) is 12.4 Å². The minimum absolute atomic E-state index is 0.442. The largest absolute Gasteiger partial charge is 0.341 e. The Labute approximate surface area is 114 Å². The molecule has 0 saturated carbocycles. The van der Waals surface area contributed by atoms with Gasteiger partial charge < -0.3 is 4.57 Å². The molecule has 92 valence electrons. The molecule has 0 fully saturated rings. The van der Waals surface area contributed by atoms with E-state index in [0.29, 0.717) is 17.2 Å². The monoisotopic (exact) mass is 281 g/mol. The molecule has 0 atom stereocenters. The van der Waals surface area contributed by atoms with Crippen LogP contribution in [-0.2, 0) is 6.54 Å². The quantitative estimate of drug-likeness (QED) is 0.483. The molecule has 1 amide bonds. The van der Waals surface area contributed by atoms with E-state index in [1.807, 2.05) is 18.3 Å². The van der Waals surface area contributed by atoms with Crippen molar-refractivity contribution in [1.82, 2.24) is 9.55 Å². The summed E-state index contributed by atoms with van der Waals surface area (Å²) in [6, 6.07) is 8.92. The zero-order valence-electron chi connectivity index (χ0n) is 9.25. The lowest BCUT2D eigenvalue weighted by Crippen LogP contribution is -2.21. The van der Waals surface area contributed by atoms with Gasteiger partial charge in [0.2, 0.25) is 0 Å². The smallest absolute Gasteiger partial charge is 0.328 e. The van der Waals surface area contributed by atoms with Gasteiger partial charge in [0.25, 0.3) is 0 Å². The van der Waals surface area contributed by atoms with E-state index in [4.69, 9.17) is 23.2 Å². The highest BCUT2D eigenvalue weighted by Crippen LogP contribution is 2.06. The van der Waals surface area contributed by atoms with E-state index in [2.05, 4.69) is 9.98 Å². The highest BCUT2D eigenvalue weighted by molar-refractivity contribution is 6.63. The van der Waals surface area contributed by atoms with Gasteiger partial charge >= 0.3 is 5.37 Å². The van der Waals surface area contributed by atoms with E-state index in [1.165, 1.54) is 0 Å². The average molecular weight is 282 g/mol. The van der Waals surface area contributed by atoms with Gasteiger partial charge in [-0.15, -0.1) is 0 Å². The second-order valence-corrected chi connectivity index (χ2v) is 4.25. The van der Waals surface area contributed by atoms with E-state index in [0.717, 1.165) is 5.56 Å². The maximum atomic E-state index is 10.8. The summed E-state index contributed by atoms with van der Waals surface area (Å²) in [5.41, 5.74) is 1.45. The number of rotatable bonds is 2. The van der Waals surface area contributed by atoms with Gasteiger partial charge in [-0.1, -0.05) is 23.7 Å². The summed E-state index contributed by atoms with van der Waals surface area (Å²) in [5, 5.41) is -0.304. The second kappa shape index (κ2) is 5.80. The van der Waals surface area contributed by atoms with Gasteiger partial charge in [-0.05, 0) is 35.4 Å². The number of aromatic nitrogens is 2. The van der Waals surface area contributed by atoms with Crippen molar-refractivity contribution in [3.05, 3.63) is 58.9 Å². The Morgan fingerprint density at radius 1 is 1.33 bits per heavy atom. The van der Waals surface area contributed by atoms with Crippen molar-refractivity contribution in [2.75, 3.05) is 0 Å². The first-order valence-electron chi connectivity index (χ1n) is 5.15. The summed E-state index contributed by atoms with van der Waals surface area (Å²) in [6.45, 7) is 0.536. The van der Waals surface area contributed by atoms with E-state index in [9.17, 15) is 4.79 Å². The molecule has 0 aliphatic heterocycles. The molecule has 2 aromatic heterocycles. The Morgan fingerprint density at radius 3 is 2.83 bits per heavy atom. The zero-order chi connectivity index (χ0) is 13.0. The minimum Gasteiger partial charge on any atom is -0.328 e. The number of amides is 1. The molecule has 0 aliphatic rings. The van der Waals surface area contributed by atoms with Crippen molar-refractivity contribution < 1.29 is 4.79 Å². The SMILES string of the molecule is O=C(Cl)/N=c1\ccccn1Cc1ccc(Cl)nc1. The fourth-order valence-electron chi connectivity index (χ4n) is 1.49. The van der Waals surface area contributed by atoms with Crippen LogP contribution >= 0.6 is 23.2 Å². The van der Waals surface area contributed by atoms with Gasteiger partial charge in [-0.3, -0.25) is 4.79 Å². The van der Waals surface area contributed by atoms with Crippen molar-refractivity contribution in [3.63, 3.8) is 0 Å². The van der Waals surface area contributed by atoms with E-state index in [-0.39, 0.29) is 0 Å². The lowest BCUT2D eigenvalue weighted by molar-refractivity contribution is 0.266. The van der Waals surface area contributed by atoms with E-state index in [1.54, 1.807) is 29.0 Å². The molecule has 0 aliphatic carbocycles. The number of carbonyl (C=O) groups excluding carboxylic acids is 1. The lowest BCUT2D eigenvalue weighted by Gasteiger charge is -2.06. The summed E-state index contributed by atoms with van der Waals surface area (Å²) in [4.78, 5) is 18.5. The number of hydrogen-bond acceptors (Lipinski definition) is 2. The van der Waals surface area contributed by atoms with Crippen molar-refractivity contribution in [1.29, 1.82) is 0 Å². The molecule has 4 nitrogen and oxygen atoms in total. The van der Waals surface area contributed by atoms with Gasteiger partial charge in [-0.25, -0.2) is 4.98 Å². The first-order chi connectivity index (χ1) is 8.65. The van der Waals surface area contributed by atoms with Crippen LogP contribution < -0.4 is 5.49 Å². The van der Waals surface area contributed by atoms with Crippen molar-refractivity contribution >= 4 is 28.6 Å². The first-order valence-corrected chi connectivity index (χ1v) is 5.91. The molecular formula is C12H9Cl2N3O. The Kier molecular flexibility index (Phi) is 4.12. The Morgan fingerprint density at radius 2 is 2.17 bits per heavy atom. The Hall–Kier alpha value is -1.65. The molecule has 2 heterocycles. The summed E-state index contributed by atoms with van der Waals surface area (Å²) in [6.07, 6.45) is 3.49. The maximum absolute atomic E-state index is 10.8. The zero-order valence-corrected chi connectivity index (χ0v) is 10.8. The molecule has 0 saturated heterocycles. The predicted molar refractivity (Wildman–Crippen MR) is 69.6 cm³/mol. The van der Waals surface area contributed by atoms with Crippen molar-refractivity contribution in [2.45, 2.75) is 6.54 Å². The minimum atomic E-state index is -0.746. The number of hydrogen-bond donors (Lipinski definition) is 0.